The van der Waals surface area contributed by atoms with E-state index >= 15 is 4.39 Å². The molecule has 174 valence electrons. The fourth-order valence-electron chi connectivity index (χ4n) is 5.12. The number of hydrogen-bond acceptors (Lipinski definition) is 0. The van der Waals surface area contributed by atoms with E-state index in [1.165, 1.54) is 37.7 Å². The second kappa shape index (κ2) is 10.5. The minimum Gasteiger partial charge on any atom is -0.206 e. The number of hydrogen-bond donors (Lipinski definition) is 0. The summed E-state index contributed by atoms with van der Waals surface area (Å²) >= 11 is 0. The molecule has 0 aliphatic heterocycles. The third-order valence-electron chi connectivity index (χ3n) is 7.08. The van der Waals surface area contributed by atoms with E-state index in [1.807, 2.05) is 18.2 Å². The van der Waals surface area contributed by atoms with Crippen molar-refractivity contribution < 1.29 is 17.6 Å². The van der Waals surface area contributed by atoms with E-state index < -0.39 is 17.5 Å². The molecule has 0 spiro atoms. The highest BCUT2D eigenvalue weighted by Crippen LogP contribution is 2.38. The number of halogens is 4. The van der Waals surface area contributed by atoms with Crippen LogP contribution < -0.4 is 0 Å². The van der Waals surface area contributed by atoms with Crippen molar-refractivity contribution in [2.24, 2.45) is 5.92 Å². The van der Waals surface area contributed by atoms with E-state index in [0.717, 1.165) is 29.9 Å². The van der Waals surface area contributed by atoms with Gasteiger partial charge in [0.25, 0.3) is 0 Å². The fourth-order valence-corrected chi connectivity index (χ4v) is 5.12. The van der Waals surface area contributed by atoms with Gasteiger partial charge >= 0.3 is 0 Å². The van der Waals surface area contributed by atoms with Gasteiger partial charge in [-0.3, -0.25) is 0 Å². The Morgan fingerprint density at radius 3 is 2.24 bits per heavy atom. The van der Waals surface area contributed by atoms with Gasteiger partial charge in [0.1, 0.15) is 5.82 Å². The van der Waals surface area contributed by atoms with Crippen LogP contribution in [0.3, 0.4) is 0 Å². The van der Waals surface area contributed by atoms with Crippen molar-refractivity contribution in [2.45, 2.75) is 64.2 Å². The average molecular weight is 455 g/mol. The quantitative estimate of drug-likeness (QED) is 0.190. The summed E-state index contributed by atoms with van der Waals surface area (Å²) in [5.41, 5.74) is 2.07. The number of benzene rings is 3. The number of aryl methyl sites for hydroxylation is 2. The molecule has 4 rings (SSSR count). The van der Waals surface area contributed by atoms with Gasteiger partial charge in [-0.05, 0) is 104 Å². The first-order chi connectivity index (χ1) is 16.0. The normalized spacial score (nSPS) is 18.9. The zero-order valence-corrected chi connectivity index (χ0v) is 19.0. The zero-order valence-electron chi connectivity index (χ0n) is 19.0. The van der Waals surface area contributed by atoms with Crippen molar-refractivity contribution in [2.75, 3.05) is 0 Å². The molecule has 0 amide bonds. The highest BCUT2D eigenvalue weighted by atomic mass is 19.2. The van der Waals surface area contributed by atoms with Crippen LogP contribution in [0.2, 0.25) is 0 Å². The van der Waals surface area contributed by atoms with E-state index in [4.69, 9.17) is 0 Å². The van der Waals surface area contributed by atoms with Gasteiger partial charge in [0.15, 0.2) is 17.5 Å². The summed E-state index contributed by atoms with van der Waals surface area (Å²) in [7, 11) is 0. The first-order valence-corrected chi connectivity index (χ1v) is 11.9. The Morgan fingerprint density at radius 2 is 1.55 bits per heavy atom. The summed E-state index contributed by atoms with van der Waals surface area (Å²) in [6, 6.07) is 11.6. The van der Waals surface area contributed by atoms with Gasteiger partial charge < -0.3 is 0 Å². The standard InChI is InChI=1S/C29H30F4/c1-2-3-4-5-19-6-9-21(10-7-19)23-14-15-25-24(18-23)13-12-22(28(25)32)11-8-20-16-26(30)29(33)27(31)17-20/h2-3,12-19,21H,4-11H2,1H3/b3-2+. The van der Waals surface area contributed by atoms with Gasteiger partial charge in [0.2, 0.25) is 0 Å². The van der Waals surface area contributed by atoms with Gasteiger partial charge in [-0.2, -0.15) is 0 Å². The molecule has 1 fully saturated rings. The van der Waals surface area contributed by atoms with Crippen LogP contribution in [0.15, 0.2) is 54.6 Å². The summed E-state index contributed by atoms with van der Waals surface area (Å²) in [6.45, 7) is 2.07. The first-order valence-electron chi connectivity index (χ1n) is 11.9. The molecule has 0 heterocycles. The van der Waals surface area contributed by atoms with E-state index in [-0.39, 0.29) is 18.7 Å². The minimum atomic E-state index is -1.48. The second-order valence-electron chi connectivity index (χ2n) is 9.26. The maximum atomic E-state index is 15.2. The Balaban J connectivity index is 1.43. The maximum absolute atomic E-state index is 15.2. The topological polar surface area (TPSA) is 0 Å². The third kappa shape index (κ3) is 5.48. The highest BCUT2D eigenvalue weighted by Gasteiger charge is 2.22. The number of fused-ring (bicyclic) bond motifs is 1. The largest absolute Gasteiger partial charge is 0.206 e. The predicted molar refractivity (Wildman–Crippen MR) is 126 cm³/mol. The Morgan fingerprint density at radius 1 is 0.818 bits per heavy atom. The Kier molecular flexibility index (Phi) is 7.52. The lowest BCUT2D eigenvalue weighted by atomic mass is 9.77. The predicted octanol–water partition coefficient (Wildman–Crippen LogP) is 8.81. The number of allylic oxidation sites excluding steroid dienone is 2. The van der Waals surface area contributed by atoms with Crippen molar-refractivity contribution in [3.63, 3.8) is 0 Å². The smallest absolute Gasteiger partial charge is 0.194 e. The van der Waals surface area contributed by atoms with E-state index in [2.05, 4.69) is 25.1 Å². The summed E-state index contributed by atoms with van der Waals surface area (Å²) in [5.74, 6) is -2.88. The van der Waals surface area contributed by atoms with Crippen molar-refractivity contribution in [3.05, 3.63) is 94.6 Å². The Labute approximate surface area is 193 Å². The van der Waals surface area contributed by atoms with E-state index in [9.17, 15) is 13.2 Å². The summed E-state index contributed by atoms with van der Waals surface area (Å²) in [5, 5.41) is 1.44. The lowest BCUT2D eigenvalue weighted by molar-refractivity contribution is 0.312. The van der Waals surface area contributed by atoms with E-state index in [0.29, 0.717) is 22.4 Å². The molecule has 0 saturated heterocycles. The molecule has 0 bridgehead atoms. The molecule has 33 heavy (non-hydrogen) atoms. The summed E-state index contributed by atoms with van der Waals surface area (Å²) < 4.78 is 55.2. The fraction of sp³-hybridized carbons (Fsp3) is 0.379. The molecule has 3 aromatic rings. The van der Waals surface area contributed by atoms with Crippen LogP contribution in [0.4, 0.5) is 17.6 Å². The molecular formula is C29H30F4. The lowest BCUT2D eigenvalue weighted by Crippen LogP contribution is -2.13. The van der Waals surface area contributed by atoms with Crippen LogP contribution in [0, 0.1) is 29.2 Å². The van der Waals surface area contributed by atoms with Crippen LogP contribution >= 0.6 is 0 Å². The lowest BCUT2D eigenvalue weighted by Gasteiger charge is -2.29. The molecular weight excluding hydrogens is 424 g/mol. The Bertz CT molecular complexity index is 1120. The summed E-state index contributed by atoms with van der Waals surface area (Å²) in [4.78, 5) is 0. The van der Waals surface area contributed by atoms with E-state index in [1.54, 1.807) is 6.07 Å². The molecule has 0 unspecified atom stereocenters. The molecule has 4 heteroatoms. The van der Waals surface area contributed by atoms with Crippen LogP contribution in [0.5, 0.6) is 0 Å². The molecule has 1 saturated carbocycles. The molecule has 0 atom stereocenters. The van der Waals surface area contributed by atoms with Crippen LogP contribution in [0.1, 0.15) is 68.1 Å². The average Bonchev–Trinajstić information content (AvgIpc) is 2.82. The van der Waals surface area contributed by atoms with Crippen LogP contribution in [-0.2, 0) is 12.8 Å². The molecule has 3 aromatic carbocycles. The zero-order chi connectivity index (χ0) is 23.4. The van der Waals surface area contributed by atoms with Crippen molar-refractivity contribution >= 4 is 10.8 Å². The van der Waals surface area contributed by atoms with Crippen molar-refractivity contribution in [1.29, 1.82) is 0 Å². The third-order valence-corrected chi connectivity index (χ3v) is 7.08. The van der Waals surface area contributed by atoms with Crippen molar-refractivity contribution in [3.8, 4) is 0 Å². The SMILES string of the molecule is C/C=C/CCC1CCC(c2ccc3c(F)c(CCc4cc(F)c(F)c(F)c4)ccc3c2)CC1. The minimum absolute atomic E-state index is 0.228. The molecule has 0 nitrogen and oxygen atoms in total. The van der Waals surface area contributed by atoms with Gasteiger partial charge in [-0.15, -0.1) is 0 Å². The molecule has 0 aromatic heterocycles. The van der Waals surface area contributed by atoms with Crippen LogP contribution in [0.25, 0.3) is 10.8 Å². The van der Waals surface area contributed by atoms with Gasteiger partial charge in [0, 0.05) is 5.39 Å². The monoisotopic (exact) mass is 454 g/mol. The molecule has 0 radical (unpaired) electrons. The van der Waals surface area contributed by atoms with Gasteiger partial charge in [0.05, 0.1) is 0 Å². The van der Waals surface area contributed by atoms with Gasteiger partial charge in [-0.25, -0.2) is 17.6 Å². The highest BCUT2D eigenvalue weighted by molar-refractivity contribution is 5.84. The Hall–Kier alpha value is -2.62. The van der Waals surface area contributed by atoms with Crippen LogP contribution in [-0.4, -0.2) is 0 Å². The summed E-state index contributed by atoms with van der Waals surface area (Å²) in [6.07, 6.45) is 12.2. The maximum Gasteiger partial charge on any atom is 0.194 e. The molecule has 1 aliphatic rings. The van der Waals surface area contributed by atoms with Gasteiger partial charge in [-0.1, -0.05) is 42.5 Å². The second-order valence-corrected chi connectivity index (χ2v) is 9.26. The molecule has 1 aliphatic carbocycles. The molecule has 0 N–H and O–H groups in total. The number of rotatable bonds is 7. The van der Waals surface area contributed by atoms with Crippen molar-refractivity contribution in [1.82, 2.24) is 0 Å². The first kappa shape index (κ1) is 23.5.